The highest BCUT2D eigenvalue weighted by Gasteiger charge is 2.19. The number of imidazole rings is 1. The Labute approximate surface area is 149 Å². The minimum atomic E-state index is -1.07. The number of hydrogen-bond donors (Lipinski definition) is 2. The number of aromatic amines is 2. The number of pyridine rings is 1. The molecule has 0 spiro atoms. The molecule has 0 atom stereocenters. The van der Waals surface area contributed by atoms with Crippen molar-refractivity contribution in [3.05, 3.63) is 42.6 Å². The Kier molecular flexibility index (Phi) is 5.15. The van der Waals surface area contributed by atoms with Crippen LogP contribution in [0.15, 0.2) is 36.9 Å². The second-order valence-corrected chi connectivity index (χ2v) is 13.1. The summed E-state index contributed by atoms with van der Waals surface area (Å²) in [6.07, 6.45) is 7.58. The lowest BCUT2D eigenvalue weighted by Crippen LogP contribution is -2.36. The molecule has 0 amide bonds. The van der Waals surface area contributed by atoms with Crippen molar-refractivity contribution in [3.8, 4) is 22.6 Å². The average Bonchev–Trinajstić information content (AvgIpc) is 3.20. The lowest BCUT2D eigenvalue weighted by Gasteiger charge is -2.14. The third-order valence-electron chi connectivity index (χ3n) is 4.01. The van der Waals surface area contributed by atoms with Crippen molar-refractivity contribution in [1.29, 1.82) is 0 Å². The van der Waals surface area contributed by atoms with Gasteiger partial charge in [-0.2, -0.15) is 5.10 Å². The molecule has 6 nitrogen and oxygen atoms in total. The van der Waals surface area contributed by atoms with Crippen molar-refractivity contribution in [2.24, 2.45) is 0 Å². The summed E-state index contributed by atoms with van der Waals surface area (Å²) < 4.78 is 7.99. The van der Waals surface area contributed by atoms with Crippen molar-refractivity contribution >= 4 is 8.07 Å². The molecule has 0 saturated carbocycles. The molecule has 3 heterocycles. The Hall–Kier alpha value is -2.25. The highest BCUT2D eigenvalue weighted by atomic mass is 28.3. The minimum Gasteiger partial charge on any atom is -0.342 e. The Bertz CT molecular complexity index is 820. The van der Waals surface area contributed by atoms with Crippen molar-refractivity contribution in [1.82, 2.24) is 20.2 Å². The van der Waals surface area contributed by atoms with E-state index in [0.29, 0.717) is 6.73 Å². The number of nitrogens with zero attached hydrogens (tertiary/aromatic N) is 3. The first-order valence-corrected chi connectivity index (χ1v) is 12.3. The molecule has 3 rings (SSSR count). The first-order valence-electron chi connectivity index (χ1n) is 8.55. The van der Waals surface area contributed by atoms with Crippen LogP contribution < -0.4 is 4.57 Å². The molecule has 0 fully saturated rings. The SMILES string of the molecule is Cc1c[n+](COCC[Si](C)(C)C)c(-c2cc(-c3cn[nH]c3)ccn2)[nH]1. The lowest BCUT2D eigenvalue weighted by atomic mass is 10.1. The van der Waals surface area contributed by atoms with Gasteiger partial charge in [-0.15, -0.1) is 0 Å². The highest BCUT2D eigenvalue weighted by Crippen LogP contribution is 2.21. The van der Waals surface area contributed by atoms with Gasteiger partial charge >= 0.3 is 5.82 Å². The first kappa shape index (κ1) is 17.6. The molecule has 0 aliphatic carbocycles. The van der Waals surface area contributed by atoms with E-state index in [1.165, 1.54) is 6.04 Å². The van der Waals surface area contributed by atoms with Crippen LogP contribution in [-0.2, 0) is 11.5 Å². The van der Waals surface area contributed by atoms with Crippen molar-refractivity contribution < 1.29 is 9.30 Å². The van der Waals surface area contributed by atoms with Crippen LogP contribution in [0.2, 0.25) is 25.7 Å². The van der Waals surface area contributed by atoms with Gasteiger partial charge in [0.05, 0.1) is 6.20 Å². The Morgan fingerprint density at radius 1 is 1.24 bits per heavy atom. The fourth-order valence-electron chi connectivity index (χ4n) is 2.59. The highest BCUT2D eigenvalue weighted by molar-refractivity contribution is 6.76. The van der Waals surface area contributed by atoms with E-state index in [1.54, 1.807) is 0 Å². The van der Waals surface area contributed by atoms with Gasteiger partial charge in [0.2, 0.25) is 0 Å². The topological polar surface area (TPSA) is 70.5 Å². The van der Waals surface area contributed by atoms with Gasteiger partial charge in [-0.3, -0.25) is 5.10 Å². The smallest absolute Gasteiger partial charge is 0.307 e. The van der Waals surface area contributed by atoms with Crippen LogP contribution in [0.3, 0.4) is 0 Å². The number of aromatic nitrogens is 5. The second-order valence-electron chi connectivity index (χ2n) is 7.52. The fourth-order valence-corrected chi connectivity index (χ4v) is 3.35. The number of rotatable bonds is 7. The summed E-state index contributed by atoms with van der Waals surface area (Å²) >= 11 is 0. The molecule has 0 aromatic carbocycles. The van der Waals surface area contributed by atoms with E-state index in [2.05, 4.69) is 56.6 Å². The summed E-state index contributed by atoms with van der Waals surface area (Å²) in [7, 11) is -1.07. The molecule has 0 radical (unpaired) electrons. The molecule has 0 aliphatic rings. The maximum absolute atomic E-state index is 5.91. The van der Waals surface area contributed by atoms with Gasteiger partial charge in [-0.05, 0) is 23.7 Å². The molecule has 2 N–H and O–H groups in total. The van der Waals surface area contributed by atoms with Crippen LogP contribution in [0.25, 0.3) is 22.6 Å². The van der Waals surface area contributed by atoms with E-state index in [9.17, 15) is 0 Å². The van der Waals surface area contributed by atoms with Crippen LogP contribution in [0.1, 0.15) is 5.69 Å². The molecule has 132 valence electrons. The first-order chi connectivity index (χ1) is 11.9. The predicted octanol–water partition coefficient (Wildman–Crippen LogP) is 3.38. The summed E-state index contributed by atoms with van der Waals surface area (Å²) in [6, 6.07) is 5.22. The van der Waals surface area contributed by atoms with Crippen molar-refractivity contribution in [3.63, 3.8) is 0 Å². The molecule has 0 unspecified atom stereocenters. The lowest BCUT2D eigenvalue weighted by molar-refractivity contribution is -0.721. The number of H-pyrrole nitrogens is 2. The minimum absolute atomic E-state index is 0.530. The molecule has 3 aromatic rings. The fraction of sp³-hybridized carbons (Fsp3) is 0.389. The van der Waals surface area contributed by atoms with E-state index < -0.39 is 8.07 Å². The van der Waals surface area contributed by atoms with Gasteiger partial charge in [-0.1, -0.05) is 19.6 Å². The summed E-state index contributed by atoms with van der Waals surface area (Å²) in [4.78, 5) is 7.93. The van der Waals surface area contributed by atoms with E-state index in [0.717, 1.165) is 34.9 Å². The molecule has 0 saturated heterocycles. The third-order valence-corrected chi connectivity index (χ3v) is 5.72. The molecule has 7 heteroatoms. The summed E-state index contributed by atoms with van der Waals surface area (Å²) in [6.45, 7) is 10.5. The van der Waals surface area contributed by atoms with Gasteiger partial charge in [0.1, 0.15) is 11.9 Å². The summed E-state index contributed by atoms with van der Waals surface area (Å²) in [5.41, 5.74) is 4.10. The van der Waals surface area contributed by atoms with Crippen molar-refractivity contribution in [2.75, 3.05) is 6.61 Å². The van der Waals surface area contributed by atoms with Gasteiger partial charge in [0.25, 0.3) is 0 Å². The molecular formula is C18H26N5OSi+. The van der Waals surface area contributed by atoms with Crippen LogP contribution in [-0.4, -0.2) is 34.8 Å². The normalized spacial score (nSPS) is 11.8. The molecular weight excluding hydrogens is 330 g/mol. The maximum Gasteiger partial charge on any atom is 0.307 e. The quantitative estimate of drug-likeness (QED) is 0.387. The van der Waals surface area contributed by atoms with Crippen LogP contribution in [0, 0.1) is 6.92 Å². The van der Waals surface area contributed by atoms with E-state index in [-0.39, 0.29) is 0 Å². The summed E-state index contributed by atoms with van der Waals surface area (Å²) in [5.74, 6) is 0.954. The maximum atomic E-state index is 5.91. The molecule has 0 aliphatic heterocycles. The summed E-state index contributed by atoms with van der Waals surface area (Å²) in [5, 5.41) is 6.87. The van der Waals surface area contributed by atoms with Crippen molar-refractivity contribution in [2.45, 2.75) is 39.3 Å². The Morgan fingerprint density at radius 2 is 2.08 bits per heavy atom. The van der Waals surface area contributed by atoms with E-state index >= 15 is 0 Å². The zero-order chi connectivity index (χ0) is 17.9. The van der Waals surface area contributed by atoms with Crippen LogP contribution in [0.5, 0.6) is 0 Å². The number of hydrogen-bond acceptors (Lipinski definition) is 3. The molecule has 0 bridgehead atoms. The number of ether oxygens (including phenoxy) is 1. The standard InChI is InChI=1S/C18H25N5OSi/c1-14-12-23(13-24-7-8-25(2,3)4)18(22-14)17-9-15(5-6-19-17)16-10-20-21-11-16/h5-6,9-12H,7-8,13H2,1-4H3,(H,19,20,21)/p+1. The molecule has 25 heavy (non-hydrogen) atoms. The number of aryl methyl sites for hydroxylation is 1. The largest absolute Gasteiger partial charge is 0.342 e. The monoisotopic (exact) mass is 356 g/mol. The van der Waals surface area contributed by atoms with Gasteiger partial charge < -0.3 is 4.74 Å². The van der Waals surface area contributed by atoms with Gasteiger partial charge in [-0.25, -0.2) is 14.5 Å². The van der Waals surface area contributed by atoms with Crippen LogP contribution in [0.4, 0.5) is 0 Å². The Balaban J connectivity index is 1.78. The zero-order valence-electron chi connectivity index (χ0n) is 15.3. The predicted molar refractivity (Wildman–Crippen MR) is 101 cm³/mol. The molecule has 3 aromatic heterocycles. The van der Waals surface area contributed by atoms with Crippen LogP contribution >= 0.6 is 0 Å². The number of nitrogens with one attached hydrogen (secondary N) is 2. The third kappa shape index (κ3) is 4.64. The average molecular weight is 357 g/mol. The van der Waals surface area contributed by atoms with E-state index in [4.69, 9.17) is 4.74 Å². The Morgan fingerprint density at radius 3 is 2.80 bits per heavy atom. The van der Waals surface area contributed by atoms with Gasteiger partial charge in [0, 0.05) is 39.6 Å². The second kappa shape index (κ2) is 7.33. The van der Waals surface area contributed by atoms with E-state index in [1.807, 2.05) is 31.6 Å². The van der Waals surface area contributed by atoms with Gasteiger partial charge in [0.15, 0.2) is 12.4 Å². The zero-order valence-corrected chi connectivity index (χ0v) is 16.3.